The summed E-state index contributed by atoms with van der Waals surface area (Å²) >= 11 is 0. The molecular weight excluding hydrogens is 320 g/mol. The third-order valence-electron chi connectivity index (χ3n) is 4.42. The zero-order valence-electron chi connectivity index (χ0n) is 14.3. The number of aryl methyl sites for hydroxylation is 2. The predicted molar refractivity (Wildman–Crippen MR) is 94.1 cm³/mol. The van der Waals surface area contributed by atoms with E-state index in [1.165, 1.54) is 0 Å². The van der Waals surface area contributed by atoms with Crippen molar-refractivity contribution in [2.75, 3.05) is 36.5 Å². The molecule has 3 aromatic heterocycles. The van der Waals surface area contributed by atoms with E-state index in [1.54, 1.807) is 23.0 Å². The number of rotatable bonds is 3. The Labute approximate surface area is 145 Å². The average molecular weight is 340 g/mol. The highest BCUT2D eigenvalue weighted by Crippen LogP contribution is 2.30. The Bertz CT molecular complexity index is 923. The molecule has 3 aromatic rings. The molecule has 0 saturated carbocycles. The van der Waals surface area contributed by atoms with E-state index in [0.717, 1.165) is 35.8 Å². The molecule has 25 heavy (non-hydrogen) atoms. The number of carbonyl (C=O) groups is 1. The van der Waals surface area contributed by atoms with Crippen molar-refractivity contribution in [2.24, 2.45) is 7.05 Å². The SMILES string of the molecule is Cc1nn(C)c(N2CCOCC2)c1NC(=O)c1cccc2cncn12. The summed E-state index contributed by atoms with van der Waals surface area (Å²) in [7, 11) is 1.89. The molecule has 0 atom stereocenters. The van der Waals surface area contributed by atoms with Gasteiger partial charge in [0.25, 0.3) is 5.91 Å². The number of hydrogen-bond acceptors (Lipinski definition) is 5. The molecule has 1 saturated heterocycles. The van der Waals surface area contributed by atoms with Crippen molar-refractivity contribution in [1.82, 2.24) is 19.2 Å². The van der Waals surface area contributed by atoms with Gasteiger partial charge in [0.05, 0.1) is 36.9 Å². The normalized spacial score (nSPS) is 14.9. The summed E-state index contributed by atoms with van der Waals surface area (Å²) in [5.41, 5.74) is 2.94. The van der Waals surface area contributed by atoms with Gasteiger partial charge in [0.2, 0.25) is 0 Å². The molecule has 1 aliphatic rings. The lowest BCUT2D eigenvalue weighted by molar-refractivity contribution is 0.102. The number of amides is 1. The maximum atomic E-state index is 12.9. The van der Waals surface area contributed by atoms with Crippen LogP contribution in [-0.4, -0.2) is 51.4 Å². The molecule has 0 aromatic carbocycles. The number of fused-ring (bicyclic) bond motifs is 1. The molecule has 8 heteroatoms. The van der Waals surface area contributed by atoms with E-state index >= 15 is 0 Å². The highest BCUT2D eigenvalue weighted by Gasteiger charge is 2.23. The highest BCUT2D eigenvalue weighted by molar-refractivity contribution is 6.05. The predicted octanol–water partition coefficient (Wildman–Crippen LogP) is 1.47. The fraction of sp³-hybridized carbons (Fsp3) is 0.353. The van der Waals surface area contributed by atoms with Crippen LogP contribution in [-0.2, 0) is 11.8 Å². The molecule has 4 rings (SSSR count). The number of pyridine rings is 1. The van der Waals surface area contributed by atoms with Crippen molar-refractivity contribution in [3.8, 4) is 0 Å². The van der Waals surface area contributed by atoms with Crippen LogP contribution in [0.15, 0.2) is 30.7 Å². The monoisotopic (exact) mass is 340 g/mol. The molecule has 1 fully saturated rings. The first-order chi connectivity index (χ1) is 12.1. The number of carbonyl (C=O) groups excluding carboxylic acids is 1. The molecule has 0 radical (unpaired) electrons. The van der Waals surface area contributed by atoms with Gasteiger partial charge in [-0.1, -0.05) is 6.07 Å². The summed E-state index contributed by atoms with van der Waals surface area (Å²) in [6, 6.07) is 5.55. The minimum Gasteiger partial charge on any atom is -0.378 e. The van der Waals surface area contributed by atoms with E-state index in [9.17, 15) is 4.79 Å². The molecule has 4 heterocycles. The van der Waals surface area contributed by atoms with E-state index in [-0.39, 0.29) is 5.91 Å². The topological polar surface area (TPSA) is 76.7 Å². The molecule has 1 amide bonds. The molecule has 1 aliphatic heterocycles. The van der Waals surface area contributed by atoms with Crippen molar-refractivity contribution in [3.05, 3.63) is 42.1 Å². The summed E-state index contributed by atoms with van der Waals surface area (Å²) in [5.74, 6) is 0.723. The lowest BCUT2D eigenvalue weighted by Crippen LogP contribution is -2.38. The van der Waals surface area contributed by atoms with Gasteiger partial charge >= 0.3 is 0 Å². The third-order valence-corrected chi connectivity index (χ3v) is 4.42. The van der Waals surface area contributed by atoms with Crippen molar-refractivity contribution in [2.45, 2.75) is 6.92 Å². The number of ether oxygens (including phenoxy) is 1. The van der Waals surface area contributed by atoms with E-state index in [0.29, 0.717) is 18.9 Å². The maximum Gasteiger partial charge on any atom is 0.272 e. The Balaban J connectivity index is 1.68. The van der Waals surface area contributed by atoms with Crippen molar-refractivity contribution >= 4 is 22.9 Å². The van der Waals surface area contributed by atoms with E-state index in [4.69, 9.17) is 4.74 Å². The summed E-state index contributed by atoms with van der Waals surface area (Å²) in [4.78, 5) is 19.2. The van der Waals surface area contributed by atoms with Gasteiger partial charge in [-0.15, -0.1) is 0 Å². The van der Waals surface area contributed by atoms with Gasteiger partial charge in [-0.3, -0.25) is 13.9 Å². The van der Waals surface area contributed by atoms with E-state index in [2.05, 4.69) is 20.3 Å². The number of aromatic nitrogens is 4. The van der Waals surface area contributed by atoms with Gasteiger partial charge in [-0.05, 0) is 19.1 Å². The largest absolute Gasteiger partial charge is 0.378 e. The average Bonchev–Trinajstić information content (AvgIpc) is 3.20. The second-order valence-corrected chi connectivity index (χ2v) is 6.06. The zero-order chi connectivity index (χ0) is 17.4. The first-order valence-electron chi connectivity index (χ1n) is 8.24. The molecule has 0 bridgehead atoms. The summed E-state index contributed by atoms with van der Waals surface area (Å²) in [5, 5.41) is 7.53. The summed E-state index contributed by atoms with van der Waals surface area (Å²) in [6.45, 7) is 4.80. The minimum atomic E-state index is -0.186. The van der Waals surface area contributed by atoms with Crippen molar-refractivity contribution in [1.29, 1.82) is 0 Å². The standard InChI is InChI=1S/C17H20N6O2/c1-12-15(17(21(2)20-12)22-6-8-25-9-7-22)19-16(24)14-5-3-4-13-10-18-11-23(13)14/h3-5,10-11H,6-9H2,1-2H3,(H,19,24). The minimum absolute atomic E-state index is 0.186. The Morgan fingerprint density at radius 1 is 1.28 bits per heavy atom. The van der Waals surface area contributed by atoms with Crippen LogP contribution in [0.1, 0.15) is 16.2 Å². The van der Waals surface area contributed by atoms with Crippen LogP contribution >= 0.6 is 0 Å². The Kier molecular flexibility index (Phi) is 3.89. The molecule has 130 valence electrons. The van der Waals surface area contributed by atoms with E-state index < -0.39 is 0 Å². The first kappa shape index (κ1) is 15.6. The summed E-state index contributed by atoms with van der Waals surface area (Å²) < 4.78 is 9.02. The van der Waals surface area contributed by atoms with Crippen molar-refractivity contribution in [3.63, 3.8) is 0 Å². The number of anilines is 2. The third kappa shape index (κ3) is 2.74. The van der Waals surface area contributed by atoms with Crippen LogP contribution in [0, 0.1) is 6.92 Å². The van der Waals surface area contributed by atoms with Crippen LogP contribution < -0.4 is 10.2 Å². The second-order valence-electron chi connectivity index (χ2n) is 6.06. The van der Waals surface area contributed by atoms with Gasteiger partial charge in [0.1, 0.15) is 11.4 Å². The number of imidazole rings is 1. The Morgan fingerprint density at radius 2 is 2.08 bits per heavy atom. The molecular formula is C17H20N6O2. The second kappa shape index (κ2) is 6.21. The van der Waals surface area contributed by atoms with Crippen LogP contribution in [0.25, 0.3) is 5.52 Å². The lowest BCUT2D eigenvalue weighted by Gasteiger charge is -2.29. The van der Waals surface area contributed by atoms with E-state index in [1.807, 2.05) is 30.8 Å². The van der Waals surface area contributed by atoms with Gasteiger partial charge < -0.3 is 15.0 Å². The van der Waals surface area contributed by atoms with Crippen LogP contribution in [0.2, 0.25) is 0 Å². The van der Waals surface area contributed by atoms with Gasteiger partial charge in [0, 0.05) is 20.1 Å². The number of hydrogen-bond donors (Lipinski definition) is 1. The fourth-order valence-electron chi connectivity index (χ4n) is 3.24. The molecule has 0 aliphatic carbocycles. The van der Waals surface area contributed by atoms with Crippen LogP contribution in [0.3, 0.4) is 0 Å². The molecule has 1 N–H and O–H groups in total. The summed E-state index contributed by atoms with van der Waals surface area (Å²) in [6.07, 6.45) is 3.37. The highest BCUT2D eigenvalue weighted by atomic mass is 16.5. The van der Waals surface area contributed by atoms with Gasteiger partial charge in [-0.25, -0.2) is 4.98 Å². The molecule has 8 nitrogen and oxygen atoms in total. The van der Waals surface area contributed by atoms with Crippen molar-refractivity contribution < 1.29 is 9.53 Å². The quantitative estimate of drug-likeness (QED) is 0.781. The Morgan fingerprint density at radius 3 is 2.88 bits per heavy atom. The number of nitrogens with zero attached hydrogens (tertiary/aromatic N) is 5. The van der Waals surface area contributed by atoms with Gasteiger partial charge in [-0.2, -0.15) is 5.10 Å². The van der Waals surface area contributed by atoms with Crippen LogP contribution in [0.5, 0.6) is 0 Å². The maximum absolute atomic E-state index is 12.9. The Hall–Kier alpha value is -2.87. The number of nitrogens with one attached hydrogen (secondary N) is 1. The van der Waals surface area contributed by atoms with Gasteiger partial charge in [0.15, 0.2) is 5.82 Å². The zero-order valence-corrected chi connectivity index (χ0v) is 14.3. The molecule has 0 spiro atoms. The molecule has 0 unspecified atom stereocenters. The van der Waals surface area contributed by atoms with Crippen LogP contribution in [0.4, 0.5) is 11.5 Å². The smallest absolute Gasteiger partial charge is 0.272 e. The first-order valence-corrected chi connectivity index (χ1v) is 8.24. The number of morpholine rings is 1. The fourth-order valence-corrected chi connectivity index (χ4v) is 3.24. The lowest BCUT2D eigenvalue weighted by atomic mass is 10.2.